The zero-order chi connectivity index (χ0) is 20.1. The summed E-state index contributed by atoms with van der Waals surface area (Å²) >= 11 is 0. The van der Waals surface area contributed by atoms with E-state index in [2.05, 4.69) is 40.4 Å². The summed E-state index contributed by atoms with van der Waals surface area (Å²) in [5, 5.41) is 2.99. The minimum Gasteiger partial charge on any atom is -0.480 e. The van der Waals surface area contributed by atoms with Gasteiger partial charge in [-0.15, -0.1) is 0 Å². The number of ether oxygens (including phenoxy) is 1. The first kappa shape index (κ1) is 20.2. The van der Waals surface area contributed by atoms with Crippen molar-refractivity contribution in [3.8, 4) is 5.75 Å². The van der Waals surface area contributed by atoms with Crippen molar-refractivity contribution in [3.05, 3.63) is 53.6 Å². The monoisotopic (exact) mass is 381 g/mol. The Labute approximate surface area is 168 Å². The van der Waals surface area contributed by atoms with Crippen LogP contribution in [0.1, 0.15) is 24.5 Å². The summed E-state index contributed by atoms with van der Waals surface area (Å²) in [6.07, 6.45) is 0.0946. The maximum atomic E-state index is 12.7. The molecule has 5 nitrogen and oxygen atoms in total. The Morgan fingerprint density at radius 1 is 1.07 bits per heavy atom. The van der Waals surface area contributed by atoms with Gasteiger partial charge in [0.15, 0.2) is 6.10 Å². The smallest absolute Gasteiger partial charge is 0.265 e. The maximum Gasteiger partial charge on any atom is 0.265 e. The molecule has 1 amide bonds. The minimum atomic E-state index is -0.515. The third-order valence-electron chi connectivity index (χ3n) is 5.27. The molecule has 2 aromatic carbocycles. The second-order valence-electron chi connectivity index (χ2n) is 7.61. The fourth-order valence-electron chi connectivity index (χ4n) is 3.45. The Morgan fingerprint density at radius 3 is 2.36 bits per heavy atom. The number of carbonyl (C=O) groups is 1. The molecule has 0 spiro atoms. The number of amides is 1. The standard InChI is InChI=1S/C23H31N3O2/c1-5-21(28-22-11-6-17(2)16-18(22)3)23(27)24-19-7-9-20(10-8-19)26-14-12-25(4)13-15-26/h6-11,16,21H,5,12-15H2,1-4H3,(H,24,27). The van der Waals surface area contributed by atoms with Gasteiger partial charge in [-0.1, -0.05) is 24.6 Å². The van der Waals surface area contributed by atoms with Gasteiger partial charge in [0.05, 0.1) is 0 Å². The number of nitrogens with zero attached hydrogens (tertiary/aromatic N) is 2. The SMILES string of the molecule is CCC(Oc1ccc(C)cc1C)C(=O)Nc1ccc(N2CCN(C)CC2)cc1. The van der Waals surface area contributed by atoms with Gasteiger partial charge >= 0.3 is 0 Å². The number of nitrogens with one attached hydrogen (secondary N) is 1. The summed E-state index contributed by atoms with van der Waals surface area (Å²) in [6.45, 7) is 10.2. The van der Waals surface area contributed by atoms with Gasteiger partial charge in [0.2, 0.25) is 0 Å². The lowest BCUT2D eigenvalue weighted by atomic mass is 10.1. The molecule has 1 atom stereocenters. The molecule has 1 N–H and O–H groups in total. The predicted molar refractivity (Wildman–Crippen MR) is 115 cm³/mol. The molecule has 0 saturated carbocycles. The number of benzene rings is 2. The molecule has 0 aromatic heterocycles. The molecule has 1 unspecified atom stereocenters. The maximum absolute atomic E-state index is 12.7. The van der Waals surface area contributed by atoms with Gasteiger partial charge < -0.3 is 19.9 Å². The number of hydrogen-bond acceptors (Lipinski definition) is 4. The number of carbonyl (C=O) groups excluding carboxylic acids is 1. The lowest BCUT2D eigenvalue weighted by Gasteiger charge is -2.34. The molecule has 0 radical (unpaired) electrons. The highest BCUT2D eigenvalue weighted by Crippen LogP contribution is 2.22. The molecule has 5 heteroatoms. The van der Waals surface area contributed by atoms with Gasteiger partial charge in [0.1, 0.15) is 5.75 Å². The average Bonchev–Trinajstić information content (AvgIpc) is 2.68. The summed E-state index contributed by atoms with van der Waals surface area (Å²) in [4.78, 5) is 17.4. The molecule has 3 rings (SSSR count). The zero-order valence-electron chi connectivity index (χ0n) is 17.4. The van der Waals surface area contributed by atoms with E-state index < -0.39 is 6.10 Å². The van der Waals surface area contributed by atoms with Crippen molar-refractivity contribution in [3.63, 3.8) is 0 Å². The third kappa shape index (κ3) is 5.04. The largest absolute Gasteiger partial charge is 0.480 e. The first-order valence-corrected chi connectivity index (χ1v) is 10.0. The van der Waals surface area contributed by atoms with E-state index in [1.54, 1.807) is 0 Å². The second-order valence-corrected chi connectivity index (χ2v) is 7.61. The van der Waals surface area contributed by atoms with E-state index in [9.17, 15) is 4.79 Å². The van der Waals surface area contributed by atoms with Gasteiger partial charge in [0, 0.05) is 37.6 Å². The fourth-order valence-corrected chi connectivity index (χ4v) is 3.45. The molecule has 0 bridgehead atoms. The highest BCUT2D eigenvalue weighted by Gasteiger charge is 2.20. The molecule has 28 heavy (non-hydrogen) atoms. The molecule has 1 fully saturated rings. The molecular formula is C23H31N3O2. The van der Waals surface area contributed by atoms with Crippen LogP contribution in [0, 0.1) is 13.8 Å². The Bertz CT molecular complexity index is 796. The summed E-state index contributed by atoms with van der Waals surface area (Å²) in [5.74, 6) is 0.646. The number of anilines is 2. The van der Waals surface area contributed by atoms with Crippen LogP contribution in [0.25, 0.3) is 0 Å². The quantitative estimate of drug-likeness (QED) is 0.825. The summed E-state index contributed by atoms with van der Waals surface area (Å²) < 4.78 is 5.99. The number of aryl methyl sites for hydroxylation is 2. The van der Waals surface area contributed by atoms with Crippen LogP contribution in [-0.4, -0.2) is 50.1 Å². The van der Waals surface area contributed by atoms with Crippen LogP contribution in [0.5, 0.6) is 5.75 Å². The molecule has 1 heterocycles. The van der Waals surface area contributed by atoms with Crippen molar-refractivity contribution < 1.29 is 9.53 Å². The lowest BCUT2D eigenvalue weighted by Crippen LogP contribution is -2.44. The number of hydrogen-bond donors (Lipinski definition) is 1. The fraction of sp³-hybridized carbons (Fsp3) is 0.435. The van der Waals surface area contributed by atoms with Gasteiger partial charge in [-0.2, -0.15) is 0 Å². The van der Waals surface area contributed by atoms with E-state index >= 15 is 0 Å². The normalized spacial score (nSPS) is 15.9. The van der Waals surface area contributed by atoms with Gasteiger partial charge in [-0.25, -0.2) is 0 Å². The van der Waals surface area contributed by atoms with Gasteiger partial charge in [-0.3, -0.25) is 4.79 Å². The Kier molecular flexibility index (Phi) is 6.57. The van der Waals surface area contributed by atoms with Crippen LogP contribution in [-0.2, 0) is 4.79 Å². The highest BCUT2D eigenvalue weighted by atomic mass is 16.5. The molecule has 2 aromatic rings. The second kappa shape index (κ2) is 9.11. The minimum absolute atomic E-state index is 0.116. The molecule has 1 aliphatic rings. The van der Waals surface area contributed by atoms with Crippen molar-refractivity contribution in [2.24, 2.45) is 0 Å². The van der Waals surface area contributed by atoms with Crippen molar-refractivity contribution in [1.29, 1.82) is 0 Å². The average molecular weight is 382 g/mol. The van der Waals surface area contributed by atoms with Gasteiger partial charge in [-0.05, 0) is 63.2 Å². The summed E-state index contributed by atoms with van der Waals surface area (Å²) in [7, 11) is 2.15. The van der Waals surface area contributed by atoms with E-state index in [0.29, 0.717) is 6.42 Å². The number of rotatable bonds is 6. The van der Waals surface area contributed by atoms with Crippen LogP contribution in [0.3, 0.4) is 0 Å². The topological polar surface area (TPSA) is 44.8 Å². The van der Waals surface area contributed by atoms with Crippen LogP contribution in [0.2, 0.25) is 0 Å². The van der Waals surface area contributed by atoms with Crippen LogP contribution in [0.15, 0.2) is 42.5 Å². The summed E-state index contributed by atoms with van der Waals surface area (Å²) in [5.41, 5.74) is 4.22. The van der Waals surface area contributed by atoms with Crippen molar-refractivity contribution >= 4 is 17.3 Å². The van der Waals surface area contributed by atoms with E-state index in [-0.39, 0.29) is 5.91 Å². The first-order chi connectivity index (χ1) is 13.5. The van der Waals surface area contributed by atoms with Crippen LogP contribution >= 0.6 is 0 Å². The molecule has 0 aliphatic carbocycles. The molecule has 1 saturated heterocycles. The van der Waals surface area contributed by atoms with Crippen molar-refractivity contribution in [2.75, 3.05) is 43.4 Å². The molecular weight excluding hydrogens is 350 g/mol. The van der Waals surface area contributed by atoms with E-state index in [4.69, 9.17) is 4.74 Å². The van der Waals surface area contributed by atoms with Crippen molar-refractivity contribution in [2.45, 2.75) is 33.3 Å². The lowest BCUT2D eigenvalue weighted by molar-refractivity contribution is -0.122. The number of piperazine rings is 1. The van der Waals surface area contributed by atoms with Gasteiger partial charge in [0.25, 0.3) is 5.91 Å². The molecule has 1 aliphatic heterocycles. The Morgan fingerprint density at radius 2 is 1.75 bits per heavy atom. The predicted octanol–water partition coefficient (Wildman–Crippen LogP) is 3.85. The van der Waals surface area contributed by atoms with E-state index in [0.717, 1.165) is 43.2 Å². The Hall–Kier alpha value is -2.53. The molecule has 150 valence electrons. The van der Waals surface area contributed by atoms with Crippen LogP contribution in [0.4, 0.5) is 11.4 Å². The van der Waals surface area contributed by atoms with E-state index in [1.165, 1.54) is 11.3 Å². The van der Waals surface area contributed by atoms with Crippen molar-refractivity contribution in [1.82, 2.24) is 4.90 Å². The summed E-state index contributed by atoms with van der Waals surface area (Å²) in [6, 6.07) is 14.1. The highest BCUT2D eigenvalue weighted by molar-refractivity contribution is 5.94. The van der Waals surface area contributed by atoms with E-state index in [1.807, 2.05) is 45.0 Å². The Balaban J connectivity index is 1.60. The first-order valence-electron chi connectivity index (χ1n) is 10.0. The third-order valence-corrected chi connectivity index (χ3v) is 5.27. The van der Waals surface area contributed by atoms with Crippen LogP contribution < -0.4 is 15.0 Å². The number of likely N-dealkylation sites (N-methyl/N-ethyl adjacent to an activating group) is 1. The zero-order valence-corrected chi connectivity index (χ0v) is 17.4.